The van der Waals surface area contributed by atoms with E-state index >= 15 is 0 Å². The minimum absolute atomic E-state index is 0.221. The zero-order valence-electron chi connectivity index (χ0n) is 11.3. The predicted octanol–water partition coefficient (Wildman–Crippen LogP) is 1.95. The van der Waals surface area contributed by atoms with Gasteiger partial charge in [-0.25, -0.2) is 0 Å². The molecule has 0 N–H and O–H groups in total. The third-order valence-electron chi connectivity index (χ3n) is 3.68. The summed E-state index contributed by atoms with van der Waals surface area (Å²) in [6, 6.07) is 10.7. The quantitative estimate of drug-likeness (QED) is 0.811. The molecule has 1 aromatic carbocycles. The van der Waals surface area contributed by atoms with Crippen molar-refractivity contribution in [3.05, 3.63) is 35.9 Å². The lowest BCUT2D eigenvalue weighted by Crippen LogP contribution is -2.29. The number of hydrogen-bond donors (Lipinski definition) is 0. The zero-order valence-corrected chi connectivity index (χ0v) is 11.3. The number of likely N-dealkylation sites (tertiary alicyclic amines) is 1. The molecule has 3 heteroatoms. The van der Waals surface area contributed by atoms with Crippen molar-refractivity contribution in [2.24, 2.45) is 0 Å². The zero-order chi connectivity index (χ0) is 13.0. The molecule has 1 aromatic rings. The fourth-order valence-corrected chi connectivity index (χ4v) is 2.51. The normalized spacial score (nSPS) is 20.0. The number of carbonyl (C=O) groups excluding carboxylic acids is 1. The first-order valence-electron chi connectivity index (χ1n) is 6.64. The number of hydrogen-bond acceptors (Lipinski definition) is 2. The molecule has 1 aliphatic rings. The Morgan fingerprint density at radius 1 is 1.33 bits per heavy atom. The van der Waals surface area contributed by atoms with Gasteiger partial charge in [-0.1, -0.05) is 30.3 Å². The summed E-state index contributed by atoms with van der Waals surface area (Å²) in [5.41, 5.74) is 1.43. The topological polar surface area (TPSA) is 23.6 Å². The van der Waals surface area contributed by atoms with Crippen LogP contribution in [0.25, 0.3) is 0 Å². The molecule has 1 saturated heterocycles. The summed E-state index contributed by atoms with van der Waals surface area (Å²) in [4.78, 5) is 15.6. The Morgan fingerprint density at radius 2 is 2.06 bits per heavy atom. The van der Waals surface area contributed by atoms with Crippen molar-refractivity contribution in [2.75, 3.05) is 33.7 Å². The molecular formula is C15H22N2O. The second-order valence-electron chi connectivity index (χ2n) is 5.24. The Labute approximate surface area is 109 Å². The van der Waals surface area contributed by atoms with Gasteiger partial charge in [0.25, 0.3) is 0 Å². The number of nitrogens with zero attached hydrogens (tertiary/aromatic N) is 2. The first-order valence-corrected chi connectivity index (χ1v) is 6.64. The second-order valence-corrected chi connectivity index (χ2v) is 5.24. The van der Waals surface area contributed by atoms with E-state index in [0.29, 0.717) is 12.3 Å². The molecule has 1 aliphatic heterocycles. The molecule has 98 valence electrons. The van der Waals surface area contributed by atoms with E-state index < -0.39 is 0 Å². The molecule has 0 bridgehead atoms. The monoisotopic (exact) mass is 246 g/mol. The molecule has 1 amide bonds. The lowest BCUT2D eigenvalue weighted by molar-refractivity contribution is -0.128. The van der Waals surface area contributed by atoms with Crippen molar-refractivity contribution in [2.45, 2.75) is 18.8 Å². The molecule has 1 fully saturated rings. The van der Waals surface area contributed by atoms with Crippen LogP contribution in [0, 0.1) is 0 Å². The lowest BCUT2D eigenvalue weighted by Gasteiger charge is -2.17. The fourth-order valence-electron chi connectivity index (χ4n) is 2.51. The highest BCUT2D eigenvalue weighted by Crippen LogP contribution is 2.26. The highest BCUT2D eigenvalue weighted by atomic mass is 16.2. The van der Waals surface area contributed by atoms with Crippen LogP contribution < -0.4 is 0 Å². The highest BCUT2D eigenvalue weighted by molar-refractivity contribution is 5.75. The molecular weight excluding hydrogens is 224 g/mol. The van der Waals surface area contributed by atoms with Gasteiger partial charge in [0.15, 0.2) is 0 Å². The van der Waals surface area contributed by atoms with E-state index in [4.69, 9.17) is 0 Å². The van der Waals surface area contributed by atoms with Crippen molar-refractivity contribution in [1.29, 1.82) is 0 Å². The third kappa shape index (κ3) is 3.33. The van der Waals surface area contributed by atoms with Crippen LogP contribution in [0.1, 0.15) is 24.3 Å². The maximum absolute atomic E-state index is 11.6. The molecule has 1 heterocycles. The second kappa shape index (κ2) is 6.01. The van der Waals surface area contributed by atoms with Crippen LogP contribution in [-0.2, 0) is 4.79 Å². The Balaban J connectivity index is 1.80. The van der Waals surface area contributed by atoms with Crippen molar-refractivity contribution in [1.82, 2.24) is 9.80 Å². The van der Waals surface area contributed by atoms with Gasteiger partial charge >= 0.3 is 0 Å². The molecule has 0 aromatic heterocycles. The molecule has 3 nitrogen and oxygen atoms in total. The standard InChI is InChI=1S/C15H22N2O/c1-16(2)15(18)9-11-17-10-8-14(12-17)13-6-4-3-5-7-13/h3-7,14H,8-12H2,1-2H3/t14-/m0/s1. The summed E-state index contributed by atoms with van der Waals surface area (Å²) in [5.74, 6) is 0.860. The van der Waals surface area contributed by atoms with Gasteiger partial charge in [-0.05, 0) is 24.4 Å². The van der Waals surface area contributed by atoms with E-state index in [-0.39, 0.29) is 5.91 Å². The SMILES string of the molecule is CN(C)C(=O)CCN1CC[C@H](c2ccccc2)C1. The first-order chi connectivity index (χ1) is 8.66. The van der Waals surface area contributed by atoms with Crippen LogP contribution in [0.5, 0.6) is 0 Å². The van der Waals surface area contributed by atoms with Gasteiger partial charge in [-0.2, -0.15) is 0 Å². The average Bonchev–Trinajstić information content (AvgIpc) is 2.85. The van der Waals surface area contributed by atoms with Crippen LogP contribution in [0.2, 0.25) is 0 Å². The summed E-state index contributed by atoms with van der Waals surface area (Å²) in [7, 11) is 3.64. The van der Waals surface area contributed by atoms with Crippen molar-refractivity contribution in [3.8, 4) is 0 Å². The first kappa shape index (κ1) is 13.1. The van der Waals surface area contributed by atoms with Crippen molar-refractivity contribution in [3.63, 3.8) is 0 Å². The van der Waals surface area contributed by atoms with Gasteiger partial charge in [-0.15, -0.1) is 0 Å². The molecule has 0 aliphatic carbocycles. The van der Waals surface area contributed by atoms with Crippen LogP contribution in [0.4, 0.5) is 0 Å². The maximum atomic E-state index is 11.6. The van der Waals surface area contributed by atoms with E-state index in [2.05, 4.69) is 35.2 Å². The minimum atomic E-state index is 0.221. The van der Waals surface area contributed by atoms with E-state index in [9.17, 15) is 4.79 Å². The van der Waals surface area contributed by atoms with E-state index in [1.165, 1.54) is 12.0 Å². The summed E-state index contributed by atoms with van der Waals surface area (Å²) in [5, 5.41) is 0. The van der Waals surface area contributed by atoms with Gasteiger partial charge in [0.2, 0.25) is 5.91 Å². The Morgan fingerprint density at radius 3 is 2.72 bits per heavy atom. The minimum Gasteiger partial charge on any atom is -0.349 e. The number of rotatable bonds is 4. The van der Waals surface area contributed by atoms with Gasteiger partial charge < -0.3 is 9.80 Å². The number of benzene rings is 1. The van der Waals surface area contributed by atoms with Crippen molar-refractivity contribution >= 4 is 5.91 Å². The number of amides is 1. The fraction of sp³-hybridized carbons (Fsp3) is 0.533. The van der Waals surface area contributed by atoms with Crippen molar-refractivity contribution < 1.29 is 4.79 Å². The largest absolute Gasteiger partial charge is 0.349 e. The Hall–Kier alpha value is -1.35. The Kier molecular flexibility index (Phi) is 4.37. The summed E-state index contributed by atoms with van der Waals surface area (Å²) >= 11 is 0. The highest BCUT2D eigenvalue weighted by Gasteiger charge is 2.23. The summed E-state index contributed by atoms with van der Waals surface area (Å²) in [6.07, 6.45) is 1.84. The molecule has 2 rings (SSSR count). The van der Waals surface area contributed by atoms with Gasteiger partial charge in [-0.3, -0.25) is 4.79 Å². The maximum Gasteiger partial charge on any atom is 0.223 e. The molecule has 0 saturated carbocycles. The van der Waals surface area contributed by atoms with Gasteiger partial charge in [0.1, 0.15) is 0 Å². The average molecular weight is 246 g/mol. The molecule has 0 unspecified atom stereocenters. The van der Waals surface area contributed by atoms with Crippen LogP contribution in [0.15, 0.2) is 30.3 Å². The van der Waals surface area contributed by atoms with E-state index in [1.807, 2.05) is 14.1 Å². The van der Waals surface area contributed by atoms with Crippen LogP contribution >= 0.6 is 0 Å². The van der Waals surface area contributed by atoms with Gasteiger partial charge in [0, 0.05) is 33.6 Å². The number of carbonyl (C=O) groups is 1. The van der Waals surface area contributed by atoms with Crippen LogP contribution in [-0.4, -0.2) is 49.4 Å². The predicted molar refractivity (Wildman–Crippen MR) is 73.6 cm³/mol. The smallest absolute Gasteiger partial charge is 0.223 e. The van der Waals surface area contributed by atoms with E-state index in [0.717, 1.165) is 19.6 Å². The lowest BCUT2D eigenvalue weighted by atomic mass is 9.99. The summed E-state index contributed by atoms with van der Waals surface area (Å²) < 4.78 is 0. The summed E-state index contributed by atoms with van der Waals surface area (Å²) in [6.45, 7) is 3.09. The molecule has 0 spiro atoms. The third-order valence-corrected chi connectivity index (χ3v) is 3.68. The molecule has 1 atom stereocenters. The van der Waals surface area contributed by atoms with Crippen LogP contribution in [0.3, 0.4) is 0 Å². The van der Waals surface area contributed by atoms with Gasteiger partial charge in [0.05, 0.1) is 0 Å². The van der Waals surface area contributed by atoms with E-state index in [1.54, 1.807) is 4.90 Å². The molecule has 18 heavy (non-hydrogen) atoms. The molecule has 0 radical (unpaired) electrons. The Bertz CT molecular complexity index is 389.